The van der Waals surface area contributed by atoms with Gasteiger partial charge in [0.2, 0.25) is 0 Å². The maximum atomic E-state index is 12.0. The third kappa shape index (κ3) is 3.82. The van der Waals surface area contributed by atoms with Gasteiger partial charge in [-0.25, -0.2) is 0 Å². The fourth-order valence-electron chi connectivity index (χ4n) is 0.834. The van der Waals surface area contributed by atoms with Gasteiger partial charge in [0.05, 0.1) is 0 Å². The van der Waals surface area contributed by atoms with Gasteiger partial charge in [-0.3, -0.25) is 0 Å². The second-order valence-corrected chi connectivity index (χ2v) is 4.99. The molecule has 0 N–H and O–H groups in total. The first-order valence-corrected chi connectivity index (χ1v) is 6.25. The van der Waals surface area contributed by atoms with Gasteiger partial charge in [0.1, 0.15) is 0 Å². The molecule has 0 heterocycles. The molecule has 0 unspecified atom stereocenters. The molecule has 78 valence electrons. The average Bonchev–Trinajstić information content (AvgIpc) is 2.01. The zero-order valence-corrected chi connectivity index (χ0v) is 10.7. The van der Waals surface area contributed by atoms with Crippen LogP contribution in [-0.4, -0.2) is 5.51 Å². The van der Waals surface area contributed by atoms with E-state index in [0.29, 0.717) is 9.80 Å². The Morgan fingerprint density at radius 3 is 2.36 bits per heavy atom. The van der Waals surface area contributed by atoms with Crippen molar-refractivity contribution < 1.29 is 13.2 Å². The van der Waals surface area contributed by atoms with Crippen LogP contribution in [0.2, 0.25) is 0 Å². The molecule has 0 amide bonds. The van der Waals surface area contributed by atoms with E-state index in [1.165, 1.54) is 12.1 Å². The molecule has 0 fully saturated rings. The van der Waals surface area contributed by atoms with E-state index in [1.54, 1.807) is 6.07 Å². The molecule has 0 spiro atoms. The Balaban J connectivity index is 2.87. The van der Waals surface area contributed by atoms with Crippen LogP contribution in [0.25, 0.3) is 0 Å². The Bertz CT molecular complexity index is 325. The van der Waals surface area contributed by atoms with Crippen LogP contribution < -0.4 is 0 Å². The highest BCUT2D eigenvalue weighted by atomic mass is 79.9. The van der Waals surface area contributed by atoms with E-state index in [0.717, 1.165) is 5.56 Å². The minimum atomic E-state index is -4.23. The lowest BCUT2D eigenvalue weighted by atomic mass is 10.2. The summed E-state index contributed by atoms with van der Waals surface area (Å²) in [7, 11) is 0. The number of benzene rings is 1. The van der Waals surface area contributed by atoms with E-state index < -0.39 is 5.51 Å². The number of halogens is 5. The van der Waals surface area contributed by atoms with E-state index >= 15 is 0 Å². The summed E-state index contributed by atoms with van der Waals surface area (Å²) < 4.78 is 36.7. The van der Waals surface area contributed by atoms with Gasteiger partial charge in [-0.2, -0.15) is 13.2 Å². The van der Waals surface area contributed by atoms with Crippen molar-refractivity contribution >= 4 is 43.6 Å². The first-order valence-electron chi connectivity index (χ1n) is 3.52. The van der Waals surface area contributed by atoms with Gasteiger partial charge in [0, 0.05) is 14.7 Å². The lowest BCUT2D eigenvalue weighted by Crippen LogP contribution is -1.99. The van der Waals surface area contributed by atoms with Crippen molar-refractivity contribution in [2.45, 2.75) is 15.7 Å². The van der Waals surface area contributed by atoms with Crippen molar-refractivity contribution in [1.29, 1.82) is 0 Å². The lowest BCUT2D eigenvalue weighted by molar-refractivity contribution is -0.0328. The quantitative estimate of drug-likeness (QED) is 0.537. The second kappa shape index (κ2) is 4.90. The molecule has 0 atom stereocenters. The third-order valence-electron chi connectivity index (χ3n) is 1.40. The summed E-state index contributed by atoms with van der Waals surface area (Å²) in [6, 6.07) is 4.58. The maximum absolute atomic E-state index is 12.0. The Morgan fingerprint density at radius 1 is 1.29 bits per heavy atom. The topological polar surface area (TPSA) is 0 Å². The Morgan fingerprint density at radius 2 is 1.93 bits per heavy atom. The highest BCUT2D eigenvalue weighted by Gasteiger charge is 2.29. The Hall–Kier alpha value is 0.320. The van der Waals surface area contributed by atoms with E-state index in [2.05, 4.69) is 31.9 Å². The van der Waals surface area contributed by atoms with Crippen molar-refractivity contribution in [1.82, 2.24) is 0 Å². The van der Waals surface area contributed by atoms with Crippen LogP contribution in [0.15, 0.2) is 27.6 Å². The van der Waals surface area contributed by atoms with Crippen LogP contribution in [0.1, 0.15) is 5.56 Å². The normalized spacial score (nSPS) is 11.8. The molecule has 14 heavy (non-hydrogen) atoms. The molecule has 0 aromatic heterocycles. The fraction of sp³-hybridized carbons (Fsp3) is 0.250. The first kappa shape index (κ1) is 12.4. The molecule has 0 saturated carbocycles. The maximum Gasteiger partial charge on any atom is 0.446 e. The zero-order valence-electron chi connectivity index (χ0n) is 6.74. The van der Waals surface area contributed by atoms with Gasteiger partial charge < -0.3 is 0 Å². The fourth-order valence-corrected chi connectivity index (χ4v) is 2.95. The first-order chi connectivity index (χ1) is 6.42. The molecule has 0 aliphatic rings. The summed E-state index contributed by atoms with van der Waals surface area (Å²) >= 11 is 6.33. The van der Waals surface area contributed by atoms with E-state index in [1.807, 2.05) is 0 Å². The Kier molecular flexibility index (Phi) is 4.33. The van der Waals surface area contributed by atoms with Gasteiger partial charge in [0.25, 0.3) is 0 Å². The second-order valence-electron chi connectivity index (χ2n) is 2.43. The largest absolute Gasteiger partial charge is 0.446 e. The van der Waals surface area contributed by atoms with Crippen molar-refractivity contribution in [2.24, 2.45) is 0 Å². The summed E-state index contributed by atoms with van der Waals surface area (Å²) in [5, 5.41) is 0.616. The molecule has 1 aromatic rings. The molecule has 0 aliphatic heterocycles. The zero-order chi connectivity index (χ0) is 10.8. The van der Waals surface area contributed by atoms with Crippen LogP contribution >= 0.6 is 43.6 Å². The van der Waals surface area contributed by atoms with E-state index in [-0.39, 0.29) is 16.7 Å². The predicted octanol–water partition coefficient (Wildman–Crippen LogP) is 4.96. The van der Waals surface area contributed by atoms with Gasteiger partial charge in [-0.1, -0.05) is 37.9 Å². The van der Waals surface area contributed by atoms with E-state index in [9.17, 15) is 13.2 Å². The smallest absolute Gasteiger partial charge is 0.160 e. The SMILES string of the molecule is FC(F)(F)Sc1ccc(CBr)c(Br)c1. The van der Waals surface area contributed by atoms with Crippen LogP contribution in [0.5, 0.6) is 0 Å². The van der Waals surface area contributed by atoms with Crippen LogP contribution in [-0.2, 0) is 5.33 Å². The summed E-state index contributed by atoms with van der Waals surface area (Å²) in [5.74, 6) is 0. The summed E-state index contributed by atoms with van der Waals surface area (Å²) in [6.07, 6.45) is 0. The monoisotopic (exact) mass is 348 g/mol. The molecule has 0 aliphatic carbocycles. The van der Waals surface area contributed by atoms with Crippen LogP contribution in [0.4, 0.5) is 13.2 Å². The number of rotatable bonds is 2. The number of thioether (sulfide) groups is 1. The third-order valence-corrected chi connectivity index (χ3v) is 3.47. The Labute approximate surface area is 101 Å². The molecule has 0 saturated heterocycles. The summed E-state index contributed by atoms with van der Waals surface area (Å²) in [4.78, 5) is 0.189. The highest BCUT2D eigenvalue weighted by Crippen LogP contribution is 2.38. The van der Waals surface area contributed by atoms with Crippen LogP contribution in [0.3, 0.4) is 0 Å². The van der Waals surface area contributed by atoms with Gasteiger partial charge >= 0.3 is 5.51 Å². The van der Waals surface area contributed by atoms with Crippen LogP contribution in [0, 0.1) is 0 Å². The van der Waals surface area contributed by atoms with Crippen molar-refractivity contribution in [2.75, 3.05) is 0 Å². The highest BCUT2D eigenvalue weighted by molar-refractivity contribution is 9.10. The van der Waals surface area contributed by atoms with Crippen molar-refractivity contribution in [3.05, 3.63) is 28.2 Å². The minimum Gasteiger partial charge on any atom is -0.160 e. The number of alkyl halides is 4. The molecular formula is C8H5Br2F3S. The van der Waals surface area contributed by atoms with Gasteiger partial charge in [0.15, 0.2) is 0 Å². The predicted molar refractivity (Wildman–Crippen MR) is 58.7 cm³/mol. The summed E-state index contributed by atoms with van der Waals surface area (Å²) in [6.45, 7) is 0. The van der Waals surface area contributed by atoms with Gasteiger partial charge in [-0.15, -0.1) is 0 Å². The molecule has 0 bridgehead atoms. The van der Waals surface area contributed by atoms with Crippen molar-refractivity contribution in [3.8, 4) is 0 Å². The summed E-state index contributed by atoms with van der Waals surface area (Å²) in [5.41, 5.74) is -3.30. The number of hydrogen-bond donors (Lipinski definition) is 0. The lowest BCUT2D eigenvalue weighted by Gasteiger charge is -2.07. The molecule has 1 aromatic carbocycles. The molecular weight excluding hydrogens is 345 g/mol. The average molecular weight is 350 g/mol. The van der Waals surface area contributed by atoms with Gasteiger partial charge in [-0.05, 0) is 29.5 Å². The van der Waals surface area contributed by atoms with Crippen molar-refractivity contribution in [3.63, 3.8) is 0 Å². The molecule has 0 nitrogen and oxygen atoms in total. The molecule has 0 radical (unpaired) electrons. The molecule has 6 heteroatoms. The van der Waals surface area contributed by atoms with E-state index in [4.69, 9.17) is 0 Å². The number of hydrogen-bond acceptors (Lipinski definition) is 1. The minimum absolute atomic E-state index is 0.111. The standard InChI is InChI=1S/C8H5Br2F3S/c9-4-5-1-2-6(3-7(5)10)14-8(11,12)13/h1-3H,4H2. The molecule has 1 rings (SSSR count).